The Kier molecular flexibility index (Phi) is 1.88. The fourth-order valence-electron chi connectivity index (χ4n) is 1.57. The van der Waals surface area contributed by atoms with Gasteiger partial charge in [0.1, 0.15) is 0 Å². The minimum absolute atomic E-state index is 0.533. The maximum Gasteiger partial charge on any atom is 0.411 e. The van der Waals surface area contributed by atoms with Gasteiger partial charge in [-0.15, -0.1) is 0 Å². The Hall–Kier alpha value is -1.22. The van der Waals surface area contributed by atoms with E-state index in [4.69, 9.17) is 16.7 Å². The number of nitrogens with zero attached hydrogens (tertiary/aromatic N) is 1. The van der Waals surface area contributed by atoms with Crippen LogP contribution in [0, 0.1) is 0 Å². The van der Waals surface area contributed by atoms with E-state index < -0.39 is 6.09 Å². The van der Waals surface area contributed by atoms with Gasteiger partial charge in [0.25, 0.3) is 0 Å². The Morgan fingerprint density at radius 2 is 2.31 bits per heavy atom. The molecule has 1 aromatic carbocycles. The number of benzene rings is 1. The molecule has 4 heteroatoms. The molecule has 0 fully saturated rings. The summed E-state index contributed by atoms with van der Waals surface area (Å²) in [5.74, 6) is 0. The van der Waals surface area contributed by atoms with Crippen LogP contribution in [0.4, 0.5) is 10.5 Å². The highest BCUT2D eigenvalue weighted by molar-refractivity contribution is 6.30. The smallest absolute Gasteiger partial charge is 0.411 e. The summed E-state index contributed by atoms with van der Waals surface area (Å²) in [4.78, 5) is 12.1. The summed E-state index contributed by atoms with van der Waals surface area (Å²) < 4.78 is 0. The average molecular weight is 198 g/mol. The molecule has 0 unspecified atom stereocenters. The highest BCUT2D eigenvalue weighted by Gasteiger charge is 2.23. The van der Waals surface area contributed by atoms with E-state index in [0.717, 1.165) is 17.7 Å². The van der Waals surface area contributed by atoms with Crippen molar-refractivity contribution in [2.45, 2.75) is 6.42 Å². The van der Waals surface area contributed by atoms with Crippen LogP contribution in [-0.4, -0.2) is 17.7 Å². The van der Waals surface area contributed by atoms with Crippen molar-refractivity contribution in [1.29, 1.82) is 0 Å². The Balaban J connectivity index is 2.44. The maximum atomic E-state index is 10.7. The summed E-state index contributed by atoms with van der Waals surface area (Å²) in [6.45, 7) is 0.533. The molecular weight excluding hydrogens is 190 g/mol. The molecule has 1 aliphatic heterocycles. The van der Waals surface area contributed by atoms with Crippen molar-refractivity contribution in [2.24, 2.45) is 0 Å². The lowest BCUT2D eigenvalue weighted by atomic mass is 10.2. The van der Waals surface area contributed by atoms with Gasteiger partial charge < -0.3 is 5.11 Å². The van der Waals surface area contributed by atoms with Gasteiger partial charge in [0.15, 0.2) is 0 Å². The number of hydrogen-bond acceptors (Lipinski definition) is 1. The van der Waals surface area contributed by atoms with E-state index in [2.05, 4.69) is 0 Å². The lowest BCUT2D eigenvalue weighted by Crippen LogP contribution is -2.26. The number of halogens is 1. The van der Waals surface area contributed by atoms with Crippen LogP contribution in [0.3, 0.4) is 0 Å². The molecule has 0 saturated heterocycles. The van der Waals surface area contributed by atoms with E-state index in [1.165, 1.54) is 4.90 Å². The highest BCUT2D eigenvalue weighted by Crippen LogP contribution is 2.30. The third-order valence-corrected chi connectivity index (χ3v) is 2.40. The fraction of sp³-hybridized carbons (Fsp3) is 0.222. The second-order valence-electron chi connectivity index (χ2n) is 2.96. The molecule has 0 atom stereocenters. The van der Waals surface area contributed by atoms with Gasteiger partial charge in [0.2, 0.25) is 0 Å². The summed E-state index contributed by atoms with van der Waals surface area (Å²) in [7, 11) is 0. The molecule has 1 aromatic rings. The molecule has 1 aliphatic rings. The summed E-state index contributed by atoms with van der Waals surface area (Å²) in [5.41, 5.74) is 1.77. The monoisotopic (exact) mass is 197 g/mol. The van der Waals surface area contributed by atoms with E-state index in [1.807, 2.05) is 6.07 Å². The van der Waals surface area contributed by atoms with Crippen molar-refractivity contribution < 1.29 is 9.90 Å². The second-order valence-corrected chi connectivity index (χ2v) is 3.39. The van der Waals surface area contributed by atoms with E-state index in [0.29, 0.717) is 11.6 Å². The minimum atomic E-state index is -0.902. The zero-order valence-electron chi connectivity index (χ0n) is 6.83. The van der Waals surface area contributed by atoms with Crippen molar-refractivity contribution in [3.8, 4) is 0 Å². The average Bonchev–Trinajstić information content (AvgIpc) is 2.46. The predicted octanol–water partition coefficient (Wildman–Crippen LogP) is 2.38. The van der Waals surface area contributed by atoms with E-state index >= 15 is 0 Å². The van der Waals surface area contributed by atoms with Gasteiger partial charge in [-0.25, -0.2) is 4.79 Å². The lowest BCUT2D eigenvalue weighted by molar-refractivity contribution is 0.202. The summed E-state index contributed by atoms with van der Waals surface area (Å²) in [5, 5.41) is 9.48. The first-order valence-electron chi connectivity index (χ1n) is 3.97. The lowest BCUT2D eigenvalue weighted by Gasteiger charge is -2.11. The van der Waals surface area contributed by atoms with Crippen molar-refractivity contribution in [2.75, 3.05) is 11.4 Å². The van der Waals surface area contributed by atoms with Crippen molar-refractivity contribution in [3.05, 3.63) is 28.8 Å². The predicted molar refractivity (Wildman–Crippen MR) is 50.5 cm³/mol. The van der Waals surface area contributed by atoms with Gasteiger partial charge in [0, 0.05) is 11.6 Å². The van der Waals surface area contributed by atoms with Crippen LogP contribution >= 0.6 is 11.6 Å². The largest absolute Gasteiger partial charge is 0.465 e. The van der Waals surface area contributed by atoms with Crippen LogP contribution < -0.4 is 4.90 Å². The van der Waals surface area contributed by atoms with Crippen molar-refractivity contribution in [3.63, 3.8) is 0 Å². The normalized spacial score (nSPS) is 14.4. The Morgan fingerprint density at radius 3 is 3.00 bits per heavy atom. The summed E-state index contributed by atoms with van der Waals surface area (Å²) in [6, 6.07) is 5.28. The quantitative estimate of drug-likeness (QED) is 0.694. The van der Waals surface area contributed by atoms with Gasteiger partial charge in [-0.05, 0) is 30.2 Å². The number of fused-ring (bicyclic) bond motifs is 1. The molecule has 68 valence electrons. The molecule has 1 heterocycles. The molecule has 0 aliphatic carbocycles. The first-order chi connectivity index (χ1) is 6.18. The van der Waals surface area contributed by atoms with Crippen LogP contribution in [0.5, 0.6) is 0 Å². The van der Waals surface area contributed by atoms with E-state index in [9.17, 15) is 4.79 Å². The SMILES string of the molecule is O=C(O)N1CCc2cc(Cl)ccc21. The van der Waals surface area contributed by atoms with Crippen LogP contribution in [0.1, 0.15) is 5.56 Å². The molecule has 0 saturated carbocycles. The first-order valence-corrected chi connectivity index (χ1v) is 4.35. The van der Waals surface area contributed by atoms with Crippen LogP contribution in [0.15, 0.2) is 18.2 Å². The Morgan fingerprint density at radius 1 is 1.54 bits per heavy atom. The topological polar surface area (TPSA) is 40.5 Å². The third kappa shape index (κ3) is 1.35. The fourth-order valence-corrected chi connectivity index (χ4v) is 1.76. The Labute approximate surface area is 80.5 Å². The van der Waals surface area contributed by atoms with Gasteiger partial charge >= 0.3 is 6.09 Å². The standard InChI is InChI=1S/C9H8ClNO2/c10-7-1-2-8-6(5-7)3-4-11(8)9(12)13/h1-2,5H,3-4H2,(H,12,13). The van der Waals surface area contributed by atoms with Crippen molar-refractivity contribution >= 4 is 23.4 Å². The van der Waals surface area contributed by atoms with Crippen molar-refractivity contribution in [1.82, 2.24) is 0 Å². The molecule has 0 aromatic heterocycles. The number of carbonyl (C=O) groups is 1. The molecule has 1 amide bonds. The first kappa shape index (κ1) is 8.38. The molecule has 0 spiro atoms. The number of hydrogen-bond donors (Lipinski definition) is 1. The van der Waals surface area contributed by atoms with Gasteiger partial charge in [-0.2, -0.15) is 0 Å². The second kappa shape index (κ2) is 2.92. The summed E-state index contributed by atoms with van der Waals surface area (Å²) >= 11 is 5.78. The Bertz CT molecular complexity index is 365. The zero-order valence-corrected chi connectivity index (χ0v) is 7.58. The molecule has 0 radical (unpaired) electrons. The van der Waals surface area contributed by atoms with Gasteiger partial charge in [0.05, 0.1) is 5.69 Å². The number of amides is 1. The number of anilines is 1. The molecular formula is C9H8ClNO2. The maximum absolute atomic E-state index is 10.7. The highest BCUT2D eigenvalue weighted by atomic mass is 35.5. The molecule has 3 nitrogen and oxygen atoms in total. The third-order valence-electron chi connectivity index (χ3n) is 2.17. The summed E-state index contributed by atoms with van der Waals surface area (Å²) in [6.07, 6.45) is -0.150. The van der Waals surface area contributed by atoms with Crippen LogP contribution in [0.25, 0.3) is 0 Å². The molecule has 0 bridgehead atoms. The zero-order chi connectivity index (χ0) is 9.42. The number of rotatable bonds is 0. The van der Waals surface area contributed by atoms with Gasteiger partial charge in [-0.1, -0.05) is 11.6 Å². The minimum Gasteiger partial charge on any atom is -0.465 e. The van der Waals surface area contributed by atoms with E-state index in [1.54, 1.807) is 12.1 Å². The van der Waals surface area contributed by atoms with E-state index in [-0.39, 0.29) is 0 Å². The van der Waals surface area contributed by atoms with Crippen LogP contribution in [-0.2, 0) is 6.42 Å². The van der Waals surface area contributed by atoms with Crippen LogP contribution in [0.2, 0.25) is 5.02 Å². The molecule has 1 N–H and O–H groups in total. The molecule has 2 rings (SSSR count). The molecule has 13 heavy (non-hydrogen) atoms. The van der Waals surface area contributed by atoms with Gasteiger partial charge in [-0.3, -0.25) is 4.90 Å². The number of carboxylic acid groups (broad SMARTS) is 1.